The summed E-state index contributed by atoms with van der Waals surface area (Å²) in [4.78, 5) is -0.341. The highest BCUT2D eigenvalue weighted by atomic mass is 32.2. The van der Waals surface area contributed by atoms with Crippen molar-refractivity contribution in [1.29, 1.82) is 0 Å². The van der Waals surface area contributed by atoms with Gasteiger partial charge in [0.2, 0.25) is 0 Å². The number of sulfone groups is 1. The summed E-state index contributed by atoms with van der Waals surface area (Å²) in [5.74, 6) is -0.831. The molecule has 0 radical (unpaired) electrons. The third kappa shape index (κ3) is 2.51. The summed E-state index contributed by atoms with van der Waals surface area (Å²) in [6.07, 6.45) is 0. The van der Waals surface area contributed by atoms with Crippen LogP contribution in [-0.2, 0) is 14.6 Å². The lowest BCUT2D eigenvalue weighted by atomic mass is 10.3. The van der Waals surface area contributed by atoms with E-state index in [0.717, 1.165) is 6.07 Å². The molecule has 0 bridgehead atoms. The summed E-state index contributed by atoms with van der Waals surface area (Å²) in [5.41, 5.74) is 5.54. The number of anilines is 1. The van der Waals surface area contributed by atoms with Crippen molar-refractivity contribution in [3.05, 3.63) is 24.0 Å². The molecule has 1 rings (SSSR count). The fourth-order valence-electron chi connectivity index (χ4n) is 1.29. The van der Waals surface area contributed by atoms with Crippen LogP contribution in [0.1, 0.15) is 6.92 Å². The summed E-state index contributed by atoms with van der Waals surface area (Å²) >= 11 is 0. The maximum absolute atomic E-state index is 13.4. The van der Waals surface area contributed by atoms with Gasteiger partial charge in [-0.15, -0.1) is 0 Å². The molecule has 16 heavy (non-hydrogen) atoms. The lowest BCUT2D eigenvalue weighted by molar-refractivity contribution is 0.200. The van der Waals surface area contributed by atoms with Crippen LogP contribution in [0.25, 0.3) is 0 Å². The highest BCUT2D eigenvalue weighted by molar-refractivity contribution is 7.92. The van der Waals surface area contributed by atoms with E-state index in [4.69, 9.17) is 10.5 Å². The Morgan fingerprint density at radius 2 is 2.12 bits per heavy atom. The Kier molecular flexibility index (Phi) is 3.88. The Labute approximate surface area is 94.1 Å². The van der Waals surface area contributed by atoms with E-state index in [-0.39, 0.29) is 17.2 Å². The van der Waals surface area contributed by atoms with Crippen LogP contribution in [0.3, 0.4) is 0 Å². The fraction of sp³-hybridized carbons (Fsp3) is 0.400. The number of halogens is 1. The van der Waals surface area contributed by atoms with Gasteiger partial charge in [-0.25, -0.2) is 12.8 Å². The number of hydrogen-bond donors (Lipinski definition) is 1. The molecular formula is C10H14FNO3S. The van der Waals surface area contributed by atoms with Crippen molar-refractivity contribution in [2.45, 2.75) is 17.1 Å². The number of hydrogen-bond acceptors (Lipinski definition) is 4. The molecule has 4 nitrogen and oxygen atoms in total. The second-order valence-electron chi connectivity index (χ2n) is 3.50. The normalized spacial score (nSPS) is 13.7. The monoisotopic (exact) mass is 247 g/mol. The van der Waals surface area contributed by atoms with Crippen LogP contribution in [0.15, 0.2) is 23.1 Å². The second-order valence-corrected chi connectivity index (χ2v) is 5.84. The Morgan fingerprint density at radius 3 is 2.62 bits per heavy atom. The first-order chi connectivity index (χ1) is 7.39. The molecule has 0 saturated carbocycles. The van der Waals surface area contributed by atoms with E-state index in [1.165, 1.54) is 26.2 Å². The highest BCUT2D eigenvalue weighted by Gasteiger charge is 2.26. The summed E-state index contributed by atoms with van der Waals surface area (Å²) in [7, 11) is -2.31. The van der Waals surface area contributed by atoms with E-state index in [2.05, 4.69) is 0 Å². The Balaban J connectivity index is 3.17. The van der Waals surface area contributed by atoms with Gasteiger partial charge >= 0.3 is 0 Å². The minimum absolute atomic E-state index is 0.0200. The van der Waals surface area contributed by atoms with Gasteiger partial charge < -0.3 is 10.5 Å². The first-order valence-electron chi connectivity index (χ1n) is 4.67. The number of benzene rings is 1. The fourth-order valence-corrected chi connectivity index (χ4v) is 2.63. The van der Waals surface area contributed by atoms with E-state index < -0.39 is 20.9 Å². The average Bonchev–Trinajstić information content (AvgIpc) is 2.17. The van der Waals surface area contributed by atoms with E-state index in [1.54, 1.807) is 0 Å². The molecule has 0 heterocycles. The SMILES string of the molecule is COCC(C)S(=O)(=O)c1ccc(N)cc1F. The molecule has 0 spiro atoms. The van der Waals surface area contributed by atoms with Crippen molar-refractivity contribution in [2.75, 3.05) is 19.5 Å². The van der Waals surface area contributed by atoms with Crippen molar-refractivity contribution in [3.63, 3.8) is 0 Å². The van der Waals surface area contributed by atoms with Crippen LogP contribution in [0.4, 0.5) is 10.1 Å². The van der Waals surface area contributed by atoms with Crippen LogP contribution < -0.4 is 5.73 Å². The summed E-state index contributed by atoms with van der Waals surface area (Å²) in [6.45, 7) is 1.49. The first-order valence-corrected chi connectivity index (χ1v) is 6.22. The predicted octanol–water partition coefficient (Wildman–Crippen LogP) is 1.22. The van der Waals surface area contributed by atoms with Crippen molar-refractivity contribution in [3.8, 4) is 0 Å². The topological polar surface area (TPSA) is 69.4 Å². The molecule has 2 N–H and O–H groups in total. The quantitative estimate of drug-likeness (QED) is 0.812. The van der Waals surface area contributed by atoms with Gasteiger partial charge in [0.05, 0.1) is 11.9 Å². The van der Waals surface area contributed by atoms with Crippen LogP contribution in [0, 0.1) is 5.82 Å². The van der Waals surface area contributed by atoms with Gasteiger partial charge in [0.25, 0.3) is 0 Å². The highest BCUT2D eigenvalue weighted by Crippen LogP contribution is 2.21. The number of nitrogens with two attached hydrogens (primary N) is 1. The molecule has 0 aromatic heterocycles. The van der Waals surface area contributed by atoms with E-state index in [1.807, 2.05) is 0 Å². The lowest BCUT2D eigenvalue weighted by Crippen LogP contribution is -2.23. The zero-order valence-electron chi connectivity index (χ0n) is 9.10. The molecule has 1 aromatic carbocycles. The molecule has 0 saturated heterocycles. The summed E-state index contributed by atoms with van der Waals surface area (Å²) < 4.78 is 42.0. The number of rotatable bonds is 4. The molecule has 1 atom stereocenters. The van der Waals surface area contributed by atoms with Gasteiger partial charge in [-0.1, -0.05) is 0 Å². The first kappa shape index (κ1) is 12.9. The molecule has 0 fully saturated rings. The number of methoxy groups -OCH3 is 1. The molecule has 1 unspecified atom stereocenters. The van der Waals surface area contributed by atoms with Crippen molar-refractivity contribution in [1.82, 2.24) is 0 Å². The molecule has 0 aliphatic rings. The van der Waals surface area contributed by atoms with Crippen LogP contribution >= 0.6 is 0 Å². The van der Waals surface area contributed by atoms with E-state index >= 15 is 0 Å². The maximum atomic E-state index is 13.4. The maximum Gasteiger partial charge on any atom is 0.186 e. The third-order valence-corrected chi connectivity index (χ3v) is 4.33. The lowest BCUT2D eigenvalue weighted by Gasteiger charge is -2.12. The molecule has 6 heteroatoms. The summed E-state index contributed by atoms with van der Waals surface area (Å²) in [6, 6.07) is 3.52. The number of ether oxygens (including phenoxy) is 1. The molecular weight excluding hydrogens is 233 g/mol. The van der Waals surface area contributed by atoms with Crippen molar-refractivity contribution < 1.29 is 17.5 Å². The number of nitrogen functional groups attached to an aromatic ring is 1. The van der Waals surface area contributed by atoms with Gasteiger partial charge in [0, 0.05) is 12.8 Å². The van der Waals surface area contributed by atoms with Gasteiger partial charge in [-0.2, -0.15) is 0 Å². The second kappa shape index (κ2) is 4.80. The Bertz CT molecular complexity index is 473. The van der Waals surface area contributed by atoms with Crippen molar-refractivity contribution >= 4 is 15.5 Å². The molecule has 90 valence electrons. The minimum Gasteiger partial charge on any atom is -0.399 e. The smallest absolute Gasteiger partial charge is 0.186 e. The van der Waals surface area contributed by atoms with Crippen LogP contribution in [-0.4, -0.2) is 27.4 Å². The molecule has 1 aromatic rings. The largest absolute Gasteiger partial charge is 0.399 e. The molecule has 0 amide bonds. The Hall–Kier alpha value is -1.14. The minimum atomic E-state index is -3.70. The van der Waals surface area contributed by atoms with Gasteiger partial charge in [0.1, 0.15) is 10.7 Å². The molecule has 0 aliphatic heterocycles. The Morgan fingerprint density at radius 1 is 1.50 bits per heavy atom. The predicted molar refractivity (Wildman–Crippen MR) is 59.3 cm³/mol. The third-order valence-electron chi connectivity index (χ3n) is 2.19. The zero-order chi connectivity index (χ0) is 12.3. The van der Waals surface area contributed by atoms with Gasteiger partial charge in [0.15, 0.2) is 9.84 Å². The summed E-state index contributed by atoms with van der Waals surface area (Å²) in [5, 5.41) is -0.796. The standard InChI is InChI=1S/C10H14FNO3S/c1-7(6-15-2)16(13,14)10-4-3-8(12)5-9(10)11/h3-5,7H,6,12H2,1-2H3. The van der Waals surface area contributed by atoms with Crippen molar-refractivity contribution in [2.24, 2.45) is 0 Å². The zero-order valence-corrected chi connectivity index (χ0v) is 9.92. The van der Waals surface area contributed by atoms with Crippen LogP contribution in [0.2, 0.25) is 0 Å². The van der Waals surface area contributed by atoms with Gasteiger partial charge in [-0.3, -0.25) is 0 Å². The molecule has 0 aliphatic carbocycles. The van der Waals surface area contributed by atoms with Gasteiger partial charge in [-0.05, 0) is 25.1 Å². The van der Waals surface area contributed by atoms with E-state index in [9.17, 15) is 12.8 Å². The average molecular weight is 247 g/mol. The van der Waals surface area contributed by atoms with E-state index in [0.29, 0.717) is 0 Å². The van der Waals surface area contributed by atoms with Crippen LogP contribution in [0.5, 0.6) is 0 Å².